The van der Waals surface area contributed by atoms with E-state index in [0.29, 0.717) is 30.0 Å². The number of rotatable bonds is 4. The summed E-state index contributed by atoms with van der Waals surface area (Å²) in [5, 5.41) is 2.95. The summed E-state index contributed by atoms with van der Waals surface area (Å²) in [6.07, 6.45) is 6.00. The minimum absolute atomic E-state index is 0.195. The van der Waals surface area contributed by atoms with Crippen LogP contribution in [0.15, 0.2) is 73.2 Å². The van der Waals surface area contributed by atoms with E-state index in [1.54, 1.807) is 47.4 Å². The van der Waals surface area contributed by atoms with E-state index in [-0.39, 0.29) is 11.5 Å². The lowest BCUT2D eigenvalue weighted by molar-refractivity contribution is -0.129. The predicted molar refractivity (Wildman–Crippen MR) is 133 cm³/mol. The average molecular weight is 482 g/mol. The Kier molecular flexibility index (Phi) is 5.25. The molecule has 2 aromatic heterocycles. The number of imidazole rings is 1. The lowest BCUT2D eigenvalue weighted by Gasteiger charge is -2.44. The normalized spacial score (nSPS) is 16.1. The quantitative estimate of drug-likeness (QED) is 0.444. The maximum Gasteiger partial charge on any atom is 0.342 e. The number of ether oxygens (including phenoxy) is 1. The van der Waals surface area contributed by atoms with Crippen molar-refractivity contribution in [1.29, 1.82) is 0 Å². The Hall–Kier alpha value is -4.53. The molecule has 2 amide bonds. The summed E-state index contributed by atoms with van der Waals surface area (Å²) >= 11 is 0. The molecular weight excluding hydrogens is 458 g/mol. The highest BCUT2D eigenvalue weighted by Crippen LogP contribution is 2.45. The molecule has 2 aliphatic rings. The second-order valence-corrected chi connectivity index (χ2v) is 8.99. The summed E-state index contributed by atoms with van der Waals surface area (Å²) in [4.78, 5) is 50.1. The van der Waals surface area contributed by atoms with Gasteiger partial charge in [0.05, 0.1) is 22.4 Å². The van der Waals surface area contributed by atoms with E-state index in [1.165, 1.54) is 4.90 Å². The van der Waals surface area contributed by atoms with Crippen molar-refractivity contribution in [2.45, 2.75) is 31.2 Å². The van der Waals surface area contributed by atoms with Gasteiger partial charge in [0.25, 0.3) is 11.8 Å². The van der Waals surface area contributed by atoms with Crippen LogP contribution in [0.3, 0.4) is 0 Å². The van der Waals surface area contributed by atoms with Crippen molar-refractivity contribution in [3.05, 3.63) is 78.8 Å². The van der Waals surface area contributed by atoms with Crippen LogP contribution in [0.5, 0.6) is 0 Å². The molecular formula is C27H23N5O4. The first-order valence-electron chi connectivity index (χ1n) is 11.9. The predicted octanol–water partition coefficient (Wildman–Crippen LogP) is 3.88. The van der Waals surface area contributed by atoms with Gasteiger partial charge in [-0.3, -0.25) is 19.1 Å². The SMILES string of the molecule is O=C(OCC(=O)N1c2ccccc2NC(=O)C12CCCC2)c1cccnc1-n1cnc2ccccc21. The fourth-order valence-corrected chi connectivity index (χ4v) is 5.27. The second-order valence-electron chi connectivity index (χ2n) is 8.99. The van der Waals surface area contributed by atoms with Gasteiger partial charge in [-0.15, -0.1) is 0 Å². The summed E-state index contributed by atoms with van der Waals surface area (Å²) in [6, 6.07) is 18.0. The Bertz CT molecular complexity index is 1500. The first kappa shape index (κ1) is 22.0. The number of aromatic nitrogens is 3. The van der Waals surface area contributed by atoms with E-state index < -0.39 is 24.0 Å². The molecule has 4 aromatic rings. The van der Waals surface area contributed by atoms with E-state index in [0.717, 1.165) is 23.9 Å². The minimum Gasteiger partial charge on any atom is -0.452 e. The van der Waals surface area contributed by atoms with Crippen molar-refractivity contribution < 1.29 is 19.1 Å². The van der Waals surface area contributed by atoms with Gasteiger partial charge >= 0.3 is 5.97 Å². The molecule has 36 heavy (non-hydrogen) atoms. The van der Waals surface area contributed by atoms with Crippen LogP contribution in [0.4, 0.5) is 11.4 Å². The van der Waals surface area contributed by atoms with Crippen molar-refractivity contribution in [3.8, 4) is 5.82 Å². The Morgan fingerprint density at radius 3 is 2.61 bits per heavy atom. The lowest BCUT2D eigenvalue weighted by Crippen LogP contribution is -2.61. The Balaban J connectivity index is 1.28. The van der Waals surface area contributed by atoms with E-state index in [9.17, 15) is 14.4 Å². The molecule has 0 unspecified atom stereocenters. The monoisotopic (exact) mass is 481 g/mol. The number of hydrogen-bond donors (Lipinski definition) is 1. The topological polar surface area (TPSA) is 106 Å². The highest BCUT2D eigenvalue weighted by molar-refractivity contribution is 6.15. The fraction of sp³-hybridized carbons (Fsp3) is 0.222. The zero-order chi connectivity index (χ0) is 24.7. The van der Waals surface area contributed by atoms with E-state index in [2.05, 4.69) is 15.3 Å². The highest BCUT2D eigenvalue weighted by atomic mass is 16.5. The zero-order valence-electron chi connectivity index (χ0n) is 19.4. The van der Waals surface area contributed by atoms with Gasteiger partial charge in [0.15, 0.2) is 12.4 Å². The number of nitrogens with zero attached hydrogens (tertiary/aromatic N) is 4. The standard InChI is InChI=1S/C27H23N5O4/c33-23(32-22-12-4-2-10-20(22)30-26(35)27(32)13-5-6-14-27)16-36-25(34)18-8-7-15-28-24(18)31-17-29-19-9-1-3-11-21(19)31/h1-4,7-12,15,17H,5-6,13-14,16H2,(H,30,35). The largest absolute Gasteiger partial charge is 0.452 e. The van der Waals surface area contributed by atoms with Crippen LogP contribution in [-0.4, -0.2) is 44.5 Å². The third-order valence-corrected chi connectivity index (χ3v) is 6.94. The number of para-hydroxylation sites is 4. The molecule has 1 saturated carbocycles. The molecule has 1 fully saturated rings. The summed E-state index contributed by atoms with van der Waals surface area (Å²) in [5.41, 5.74) is 1.99. The van der Waals surface area contributed by atoms with Crippen LogP contribution in [0, 0.1) is 0 Å². The number of nitrogens with one attached hydrogen (secondary N) is 1. The van der Waals surface area contributed by atoms with Gasteiger partial charge in [-0.1, -0.05) is 37.1 Å². The Labute approximate surface area is 206 Å². The maximum atomic E-state index is 13.5. The lowest BCUT2D eigenvalue weighted by atomic mass is 9.90. The van der Waals surface area contributed by atoms with Crippen LogP contribution in [0.2, 0.25) is 0 Å². The van der Waals surface area contributed by atoms with Gasteiger partial charge in [-0.25, -0.2) is 14.8 Å². The molecule has 1 aliphatic carbocycles. The van der Waals surface area contributed by atoms with Crippen molar-refractivity contribution in [2.24, 2.45) is 0 Å². The third-order valence-electron chi connectivity index (χ3n) is 6.94. The third kappa shape index (κ3) is 3.43. The van der Waals surface area contributed by atoms with Gasteiger partial charge in [-0.05, 0) is 49.2 Å². The van der Waals surface area contributed by atoms with Crippen molar-refractivity contribution in [3.63, 3.8) is 0 Å². The molecule has 0 bridgehead atoms. The molecule has 1 spiro atoms. The molecule has 180 valence electrons. The number of anilines is 2. The minimum atomic E-state index is -0.965. The molecule has 1 aliphatic heterocycles. The molecule has 9 nitrogen and oxygen atoms in total. The van der Waals surface area contributed by atoms with E-state index in [4.69, 9.17) is 4.74 Å². The van der Waals surface area contributed by atoms with Gasteiger partial charge < -0.3 is 10.1 Å². The Morgan fingerprint density at radius 2 is 1.75 bits per heavy atom. The summed E-state index contributed by atoms with van der Waals surface area (Å²) in [7, 11) is 0. The number of pyridine rings is 1. The zero-order valence-corrected chi connectivity index (χ0v) is 19.4. The fourth-order valence-electron chi connectivity index (χ4n) is 5.27. The van der Waals surface area contributed by atoms with Crippen molar-refractivity contribution in [1.82, 2.24) is 14.5 Å². The summed E-state index contributed by atoms with van der Waals surface area (Å²) < 4.78 is 7.23. The smallest absolute Gasteiger partial charge is 0.342 e. The number of esters is 1. The van der Waals surface area contributed by atoms with Gasteiger partial charge in [0.1, 0.15) is 17.4 Å². The number of amides is 2. The van der Waals surface area contributed by atoms with Crippen LogP contribution in [-0.2, 0) is 14.3 Å². The second kappa shape index (κ2) is 8.60. The molecule has 6 rings (SSSR count). The first-order valence-corrected chi connectivity index (χ1v) is 11.9. The van der Waals surface area contributed by atoms with Crippen LogP contribution >= 0.6 is 0 Å². The highest BCUT2D eigenvalue weighted by Gasteiger charge is 2.52. The number of fused-ring (bicyclic) bond motifs is 2. The number of carbonyl (C=O) groups excluding carboxylic acids is 3. The molecule has 2 aromatic carbocycles. The van der Waals surface area contributed by atoms with Gasteiger partial charge in [0.2, 0.25) is 0 Å². The summed E-state index contributed by atoms with van der Waals surface area (Å²) in [6.45, 7) is -0.499. The van der Waals surface area contributed by atoms with E-state index >= 15 is 0 Å². The molecule has 3 heterocycles. The molecule has 0 saturated heterocycles. The summed E-state index contributed by atoms with van der Waals surface area (Å²) in [5.74, 6) is -0.955. The Morgan fingerprint density at radius 1 is 0.972 bits per heavy atom. The molecule has 0 atom stereocenters. The van der Waals surface area contributed by atoms with Crippen molar-refractivity contribution in [2.75, 3.05) is 16.8 Å². The van der Waals surface area contributed by atoms with Crippen LogP contribution < -0.4 is 10.2 Å². The van der Waals surface area contributed by atoms with Crippen molar-refractivity contribution >= 4 is 40.2 Å². The molecule has 1 N–H and O–H groups in total. The molecule has 9 heteroatoms. The van der Waals surface area contributed by atoms with Gasteiger partial charge in [-0.2, -0.15) is 0 Å². The number of carbonyl (C=O) groups is 3. The number of benzene rings is 2. The van der Waals surface area contributed by atoms with E-state index in [1.807, 2.05) is 30.3 Å². The average Bonchev–Trinajstić information content (AvgIpc) is 3.56. The molecule has 0 radical (unpaired) electrons. The van der Waals surface area contributed by atoms with Crippen LogP contribution in [0.1, 0.15) is 36.0 Å². The first-order chi connectivity index (χ1) is 17.6. The maximum absolute atomic E-state index is 13.5. The van der Waals surface area contributed by atoms with Crippen LogP contribution in [0.25, 0.3) is 16.9 Å². The number of hydrogen-bond acceptors (Lipinski definition) is 6. The van der Waals surface area contributed by atoms with Gasteiger partial charge in [0, 0.05) is 6.20 Å².